The highest BCUT2D eigenvalue weighted by atomic mass is 79.9. The van der Waals surface area contributed by atoms with Gasteiger partial charge >= 0.3 is 5.97 Å². The first-order valence-electron chi connectivity index (χ1n) is 7.29. The van der Waals surface area contributed by atoms with E-state index in [1.54, 1.807) is 12.1 Å². The number of anilines is 1. The van der Waals surface area contributed by atoms with E-state index in [1.165, 1.54) is 18.4 Å². The van der Waals surface area contributed by atoms with Gasteiger partial charge in [-0.2, -0.15) is 0 Å². The van der Waals surface area contributed by atoms with E-state index in [4.69, 9.17) is 9.15 Å². The molecule has 5 nitrogen and oxygen atoms in total. The quantitative estimate of drug-likeness (QED) is 0.785. The normalized spacial score (nSPS) is 16.7. The lowest BCUT2D eigenvalue weighted by Crippen LogP contribution is -2.15. The highest BCUT2D eigenvalue weighted by molar-refractivity contribution is 9.10. The van der Waals surface area contributed by atoms with Gasteiger partial charge in [-0.3, -0.25) is 4.79 Å². The third-order valence-electron chi connectivity index (χ3n) is 3.93. The Labute approximate surface area is 146 Å². The summed E-state index contributed by atoms with van der Waals surface area (Å²) in [6.45, 7) is 2.19. The van der Waals surface area contributed by atoms with Crippen LogP contribution in [0.1, 0.15) is 44.7 Å². The fraction of sp³-hybridized carbons (Fsp3) is 0.375. The zero-order valence-corrected chi connectivity index (χ0v) is 15.2. The second kappa shape index (κ2) is 6.49. The summed E-state index contributed by atoms with van der Waals surface area (Å²) in [5.41, 5.74) is 1.49. The number of hydrogen-bond donors (Lipinski definition) is 1. The molecule has 2 aromatic rings. The summed E-state index contributed by atoms with van der Waals surface area (Å²) in [5, 5.41) is 3.33. The van der Waals surface area contributed by atoms with E-state index < -0.39 is 5.97 Å². The maximum absolute atomic E-state index is 12.3. The molecule has 0 spiro atoms. The maximum Gasteiger partial charge on any atom is 0.341 e. The largest absolute Gasteiger partial charge is 0.465 e. The summed E-state index contributed by atoms with van der Waals surface area (Å²) in [4.78, 5) is 25.6. The molecule has 2 heterocycles. The van der Waals surface area contributed by atoms with Gasteiger partial charge < -0.3 is 14.5 Å². The summed E-state index contributed by atoms with van der Waals surface area (Å²) in [5.74, 6) is -0.0239. The molecule has 0 saturated heterocycles. The van der Waals surface area contributed by atoms with Crippen LogP contribution in [-0.2, 0) is 17.6 Å². The van der Waals surface area contributed by atoms with Crippen LogP contribution in [0.5, 0.6) is 0 Å². The van der Waals surface area contributed by atoms with Crippen molar-refractivity contribution in [1.82, 2.24) is 0 Å². The lowest BCUT2D eigenvalue weighted by atomic mass is 9.88. The standard InChI is InChI=1S/C16H16BrNO4S/c1-8-3-4-9-11(7-8)23-15(13(9)16(20)21-2)18-14(19)10-5-6-12(17)22-10/h5-6,8H,3-4,7H2,1-2H3,(H,18,19)/t8-/m0/s1. The SMILES string of the molecule is COC(=O)c1c(NC(=O)c2ccc(Br)o2)sc2c1CC[C@H](C)C2. The summed E-state index contributed by atoms with van der Waals surface area (Å²) in [6, 6.07) is 3.23. The van der Waals surface area contributed by atoms with Gasteiger partial charge in [-0.15, -0.1) is 11.3 Å². The zero-order chi connectivity index (χ0) is 16.6. The van der Waals surface area contributed by atoms with Gasteiger partial charge in [-0.1, -0.05) is 6.92 Å². The van der Waals surface area contributed by atoms with Gasteiger partial charge in [0.05, 0.1) is 12.7 Å². The molecule has 0 saturated carbocycles. The Morgan fingerprint density at radius 2 is 2.22 bits per heavy atom. The van der Waals surface area contributed by atoms with Gasteiger partial charge in [0.1, 0.15) is 5.00 Å². The Bertz CT molecular complexity index is 764. The topological polar surface area (TPSA) is 68.5 Å². The predicted octanol–water partition coefficient (Wildman–Crippen LogP) is 4.27. The summed E-state index contributed by atoms with van der Waals surface area (Å²) >= 11 is 4.62. The van der Waals surface area contributed by atoms with E-state index >= 15 is 0 Å². The van der Waals surface area contributed by atoms with E-state index in [2.05, 4.69) is 28.2 Å². The predicted molar refractivity (Wildman–Crippen MR) is 91.2 cm³/mol. The van der Waals surface area contributed by atoms with Crippen LogP contribution in [0, 0.1) is 5.92 Å². The molecule has 0 bridgehead atoms. The van der Waals surface area contributed by atoms with Crippen LogP contribution < -0.4 is 5.32 Å². The number of thiophene rings is 1. The van der Waals surface area contributed by atoms with Crippen molar-refractivity contribution in [2.24, 2.45) is 5.92 Å². The molecule has 0 radical (unpaired) electrons. The monoisotopic (exact) mass is 397 g/mol. The van der Waals surface area contributed by atoms with Gasteiger partial charge in [0.25, 0.3) is 5.91 Å². The fourth-order valence-corrected chi connectivity index (χ4v) is 4.46. The number of hydrogen-bond acceptors (Lipinski definition) is 5. The number of rotatable bonds is 3. The van der Waals surface area contributed by atoms with Gasteiger partial charge in [0, 0.05) is 4.88 Å². The molecule has 1 aliphatic carbocycles. The first-order valence-corrected chi connectivity index (χ1v) is 8.90. The summed E-state index contributed by atoms with van der Waals surface area (Å²) in [6.07, 6.45) is 2.79. The molecule has 0 unspecified atom stereocenters. The highest BCUT2D eigenvalue weighted by Crippen LogP contribution is 2.40. The Morgan fingerprint density at radius 3 is 2.87 bits per heavy atom. The molecule has 2 aromatic heterocycles. The second-order valence-corrected chi connectivity index (χ2v) is 7.49. The molecular formula is C16H16BrNO4S. The van der Waals surface area contributed by atoms with Crippen LogP contribution in [0.3, 0.4) is 0 Å². The molecule has 0 aromatic carbocycles. The first kappa shape index (κ1) is 16.3. The summed E-state index contributed by atoms with van der Waals surface area (Å²) in [7, 11) is 1.35. The van der Waals surface area contributed by atoms with Crippen molar-refractivity contribution in [2.45, 2.75) is 26.2 Å². The molecule has 122 valence electrons. The smallest absolute Gasteiger partial charge is 0.341 e. The highest BCUT2D eigenvalue weighted by Gasteiger charge is 2.29. The Hall–Kier alpha value is -1.60. The number of nitrogens with one attached hydrogen (secondary N) is 1. The maximum atomic E-state index is 12.3. The van der Waals surface area contributed by atoms with Crippen molar-refractivity contribution < 1.29 is 18.7 Å². The van der Waals surface area contributed by atoms with Crippen LogP contribution in [0.2, 0.25) is 0 Å². The van der Waals surface area contributed by atoms with Crippen molar-refractivity contribution in [3.05, 3.63) is 38.6 Å². The van der Waals surface area contributed by atoms with E-state index in [1.807, 2.05) is 0 Å². The van der Waals surface area contributed by atoms with Crippen molar-refractivity contribution in [1.29, 1.82) is 0 Å². The first-order chi connectivity index (χ1) is 11.0. The second-order valence-electron chi connectivity index (χ2n) is 5.61. The Kier molecular flexibility index (Phi) is 4.59. The lowest BCUT2D eigenvalue weighted by Gasteiger charge is -2.18. The van der Waals surface area contributed by atoms with E-state index in [0.29, 0.717) is 21.2 Å². The zero-order valence-electron chi connectivity index (χ0n) is 12.8. The molecule has 1 atom stereocenters. The number of esters is 1. The average Bonchev–Trinajstić information content (AvgIpc) is 3.09. The number of carbonyl (C=O) groups is 2. The molecule has 1 aliphatic rings. The van der Waals surface area contributed by atoms with Crippen LogP contribution in [0.4, 0.5) is 5.00 Å². The van der Waals surface area contributed by atoms with Gasteiger partial charge in [-0.25, -0.2) is 4.79 Å². The molecule has 3 rings (SSSR count). The van der Waals surface area contributed by atoms with Crippen molar-refractivity contribution in [3.8, 4) is 0 Å². The number of halogens is 1. The van der Waals surface area contributed by atoms with Crippen LogP contribution in [0.15, 0.2) is 21.2 Å². The van der Waals surface area contributed by atoms with Crippen molar-refractivity contribution in [3.63, 3.8) is 0 Å². The minimum absolute atomic E-state index is 0.187. The molecule has 0 fully saturated rings. The number of amides is 1. The van der Waals surface area contributed by atoms with Crippen molar-refractivity contribution in [2.75, 3.05) is 12.4 Å². The molecule has 23 heavy (non-hydrogen) atoms. The minimum atomic E-state index is -0.409. The summed E-state index contributed by atoms with van der Waals surface area (Å²) < 4.78 is 10.6. The number of carbonyl (C=O) groups excluding carboxylic acids is 2. The number of furan rings is 1. The molecule has 1 amide bonds. The Morgan fingerprint density at radius 1 is 1.43 bits per heavy atom. The van der Waals surface area contributed by atoms with Gasteiger partial charge in [0.2, 0.25) is 0 Å². The van der Waals surface area contributed by atoms with Gasteiger partial charge in [0.15, 0.2) is 10.4 Å². The van der Waals surface area contributed by atoms with Crippen LogP contribution in [0.25, 0.3) is 0 Å². The van der Waals surface area contributed by atoms with E-state index in [9.17, 15) is 9.59 Å². The molecule has 7 heteroatoms. The molecule has 1 N–H and O–H groups in total. The minimum Gasteiger partial charge on any atom is -0.465 e. The van der Waals surface area contributed by atoms with Gasteiger partial charge in [-0.05, 0) is 58.8 Å². The number of methoxy groups -OCH3 is 1. The van der Waals surface area contributed by atoms with Crippen molar-refractivity contribution >= 4 is 44.1 Å². The number of fused-ring (bicyclic) bond motifs is 1. The van der Waals surface area contributed by atoms with E-state index in [-0.39, 0.29) is 11.7 Å². The average molecular weight is 398 g/mol. The molecular weight excluding hydrogens is 382 g/mol. The van der Waals surface area contributed by atoms with E-state index in [0.717, 1.165) is 29.7 Å². The Balaban J connectivity index is 1.95. The lowest BCUT2D eigenvalue weighted by molar-refractivity contribution is 0.0601. The molecule has 0 aliphatic heterocycles. The third kappa shape index (κ3) is 3.21. The third-order valence-corrected chi connectivity index (χ3v) is 5.52. The fourth-order valence-electron chi connectivity index (χ4n) is 2.76. The van der Waals surface area contributed by atoms with Crippen LogP contribution >= 0.6 is 27.3 Å². The van der Waals surface area contributed by atoms with Crippen LogP contribution in [-0.4, -0.2) is 19.0 Å². The number of ether oxygens (including phenoxy) is 1.